The first-order valence-corrected chi connectivity index (χ1v) is 7.01. The van der Waals surface area contributed by atoms with Gasteiger partial charge in [-0.3, -0.25) is 14.3 Å². The number of fused-ring (bicyclic) bond motifs is 1. The van der Waals surface area contributed by atoms with Gasteiger partial charge in [-0.25, -0.2) is 0 Å². The Bertz CT molecular complexity index is 551. The molecule has 2 aliphatic rings. The Morgan fingerprint density at radius 2 is 2.10 bits per heavy atom. The van der Waals surface area contributed by atoms with E-state index in [-0.39, 0.29) is 17.7 Å². The summed E-state index contributed by atoms with van der Waals surface area (Å²) in [6, 6.07) is 1.48. The molecule has 1 aliphatic carbocycles. The first-order chi connectivity index (χ1) is 9.49. The molecule has 3 atom stereocenters. The van der Waals surface area contributed by atoms with Crippen molar-refractivity contribution in [1.82, 2.24) is 19.6 Å². The molecule has 2 heterocycles. The monoisotopic (exact) mass is 276 g/mol. The zero-order chi connectivity index (χ0) is 14.4. The van der Waals surface area contributed by atoms with E-state index in [1.54, 1.807) is 29.9 Å². The highest BCUT2D eigenvalue weighted by atomic mass is 16.2. The molecule has 0 radical (unpaired) electrons. The van der Waals surface area contributed by atoms with Crippen molar-refractivity contribution >= 4 is 11.8 Å². The summed E-state index contributed by atoms with van der Waals surface area (Å²) in [5.41, 5.74) is 0.929. The van der Waals surface area contributed by atoms with Crippen LogP contribution in [0, 0.1) is 11.8 Å². The summed E-state index contributed by atoms with van der Waals surface area (Å²) in [4.78, 5) is 28.1. The van der Waals surface area contributed by atoms with E-state index >= 15 is 0 Å². The molecule has 3 rings (SSSR count). The quantitative estimate of drug-likeness (QED) is 0.791. The van der Waals surface area contributed by atoms with Gasteiger partial charge < -0.3 is 9.80 Å². The molecule has 0 saturated heterocycles. The Labute approximate surface area is 118 Å². The van der Waals surface area contributed by atoms with Crippen LogP contribution < -0.4 is 0 Å². The first-order valence-electron chi connectivity index (χ1n) is 7.01. The molecule has 20 heavy (non-hydrogen) atoms. The summed E-state index contributed by atoms with van der Waals surface area (Å²) < 4.78 is 1.75. The molecule has 6 nitrogen and oxygen atoms in total. The van der Waals surface area contributed by atoms with Gasteiger partial charge in [0, 0.05) is 26.2 Å². The SMILES string of the molecule is C[C@@H]1C[C@@H]1C(=O)N1Cc2ccnn2[C@@H](C(=O)N(C)C)C1. The van der Waals surface area contributed by atoms with E-state index in [4.69, 9.17) is 0 Å². The number of likely N-dealkylation sites (N-methyl/N-ethyl adjacent to an activating group) is 1. The summed E-state index contributed by atoms with van der Waals surface area (Å²) in [6.07, 6.45) is 2.67. The Kier molecular flexibility index (Phi) is 3.03. The molecule has 1 aromatic rings. The Morgan fingerprint density at radius 3 is 2.70 bits per heavy atom. The van der Waals surface area contributed by atoms with E-state index in [2.05, 4.69) is 12.0 Å². The van der Waals surface area contributed by atoms with Crippen molar-refractivity contribution in [3.63, 3.8) is 0 Å². The minimum atomic E-state index is -0.401. The summed E-state index contributed by atoms with van der Waals surface area (Å²) in [7, 11) is 3.46. The predicted octanol–water partition coefficient (Wildman–Crippen LogP) is 0.511. The standard InChI is InChI=1S/C14H20N4O2/c1-9-6-11(9)13(19)17-7-10-4-5-15-18(10)12(8-17)14(20)16(2)3/h4-5,9,11-12H,6-8H2,1-3H3/t9-,11+,12-/m1/s1. The highest BCUT2D eigenvalue weighted by Gasteiger charge is 2.44. The van der Waals surface area contributed by atoms with Gasteiger partial charge in [-0.05, 0) is 18.4 Å². The molecule has 2 amide bonds. The molecule has 0 spiro atoms. The maximum absolute atomic E-state index is 12.4. The summed E-state index contributed by atoms with van der Waals surface area (Å²) in [5, 5.41) is 4.24. The van der Waals surface area contributed by atoms with E-state index in [0.717, 1.165) is 12.1 Å². The molecule has 1 saturated carbocycles. The smallest absolute Gasteiger partial charge is 0.248 e. The summed E-state index contributed by atoms with van der Waals surface area (Å²) in [6.45, 7) is 3.08. The van der Waals surface area contributed by atoms with Crippen LogP contribution in [-0.2, 0) is 16.1 Å². The van der Waals surface area contributed by atoms with Gasteiger partial charge in [0.15, 0.2) is 0 Å². The highest BCUT2D eigenvalue weighted by molar-refractivity contribution is 5.84. The van der Waals surface area contributed by atoms with Gasteiger partial charge in [0.2, 0.25) is 11.8 Å². The lowest BCUT2D eigenvalue weighted by Gasteiger charge is -2.34. The number of hydrogen-bond donors (Lipinski definition) is 0. The normalized spacial score (nSPS) is 27.9. The van der Waals surface area contributed by atoms with Crippen LogP contribution in [-0.4, -0.2) is 52.0 Å². The Morgan fingerprint density at radius 1 is 1.40 bits per heavy atom. The number of carbonyl (C=O) groups excluding carboxylic acids is 2. The van der Waals surface area contributed by atoms with Gasteiger partial charge in [0.25, 0.3) is 0 Å². The van der Waals surface area contributed by atoms with E-state index in [1.807, 2.05) is 11.0 Å². The molecule has 0 unspecified atom stereocenters. The van der Waals surface area contributed by atoms with Crippen LogP contribution in [0.2, 0.25) is 0 Å². The molecule has 1 fully saturated rings. The fourth-order valence-corrected chi connectivity index (χ4v) is 2.84. The second-order valence-corrected chi connectivity index (χ2v) is 6.05. The van der Waals surface area contributed by atoms with Crippen molar-refractivity contribution in [2.45, 2.75) is 25.9 Å². The van der Waals surface area contributed by atoms with Crippen molar-refractivity contribution < 1.29 is 9.59 Å². The second-order valence-electron chi connectivity index (χ2n) is 6.05. The summed E-state index contributed by atoms with van der Waals surface area (Å²) in [5.74, 6) is 0.801. The number of rotatable bonds is 2. The lowest BCUT2D eigenvalue weighted by atomic mass is 10.1. The van der Waals surface area contributed by atoms with Gasteiger partial charge >= 0.3 is 0 Å². The number of hydrogen-bond acceptors (Lipinski definition) is 3. The van der Waals surface area contributed by atoms with Gasteiger partial charge in [-0.2, -0.15) is 5.10 Å². The van der Waals surface area contributed by atoms with Crippen LogP contribution in [0.15, 0.2) is 12.3 Å². The van der Waals surface area contributed by atoms with Gasteiger partial charge in [0.05, 0.1) is 18.8 Å². The van der Waals surface area contributed by atoms with Gasteiger partial charge in [-0.1, -0.05) is 6.92 Å². The van der Waals surface area contributed by atoms with Crippen LogP contribution in [0.5, 0.6) is 0 Å². The van der Waals surface area contributed by atoms with Gasteiger partial charge in [0.1, 0.15) is 6.04 Å². The number of amides is 2. The van der Waals surface area contributed by atoms with E-state index < -0.39 is 6.04 Å². The van der Waals surface area contributed by atoms with Crippen molar-refractivity contribution in [2.24, 2.45) is 11.8 Å². The Hall–Kier alpha value is -1.85. The van der Waals surface area contributed by atoms with Crippen LogP contribution in [0.25, 0.3) is 0 Å². The lowest BCUT2D eigenvalue weighted by Crippen LogP contribution is -2.47. The molecule has 1 aromatic heterocycles. The Balaban J connectivity index is 1.85. The molecular weight excluding hydrogens is 256 g/mol. The van der Waals surface area contributed by atoms with Crippen LogP contribution in [0.4, 0.5) is 0 Å². The third-order valence-corrected chi connectivity index (χ3v) is 4.26. The highest BCUT2D eigenvalue weighted by Crippen LogP contribution is 2.40. The molecule has 0 bridgehead atoms. The third kappa shape index (κ3) is 2.09. The number of nitrogens with zero attached hydrogens (tertiary/aromatic N) is 4. The molecule has 0 aromatic carbocycles. The van der Waals surface area contributed by atoms with Crippen molar-refractivity contribution in [3.8, 4) is 0 Å². The zero-order valence-corrected chi connectivity index (χ0v) is 12.1. The lowest BCUT2D eigenvalue weighted by molar-refractivity contribution is -0.139. The van der Waals surface area contributed by atoms with E-state index in [0.29, 0.717) is 19.0 Å². The minimum Gasteiger partial charge on any atom is -0.347 e. The second kappa shape index (κ2) is 4.61. The van der Waals surface area contributed by atoms with Crippen molar-refractivity contribution in [2.75, 3.05) is 20.6 Å². The zero-order valence-electron chi connectivity index (χ0n) is 12.1. The maximum atomic E-state index is 12.4. The predicted molar refractivity (Wildman–Crippen MR) is 72.6 cm³/mol. The minimum absolute atomic E-state index is 0.0173. The molecule has 1 aliphatic heterocycles. The van der Waals surface area contributed by atoms with Crippen molar-refractivity contribution in [3.05, 3.63) is 18.0 Å². The fourth-order valence-electron chi connectivity index (χ4n) is 2.84. The van der Waals surface area contributed by atoms with E-state index in [1.165, 1.54) is 0 Å². The summed E-state index contributed by atoms with van der Waals surface area (Å²) >= 11 is 0. The van der Waals surface area contributed by atoms with Crippen molar-refractivity contribution in [1.29, 1.82) is 0 Å². The molecular formula is C14H20N4O2. The molecule has 6 heteroatoms. The first kappa shape index (κ1) is 13.1. The van der Waals surface area contributed by atoms with Gasteiger partial charge in [-0.15, -0.1) is 0 Å². The van der Waals surface area contributed by atoms with E-state index in [9.17, 15) is 9.59 Å². The van der Waals surface area contributed by atoms with Crippen LogP contribution in [0.3, 0.4) is 0 Å². The largest absolute Gasteiger partial charge is 0.347 e. The average Bonchev–Trinajstić information content (AvgIpc) is 2.96. The average molecular weight is 276 g/mol. The van der Waals surface area contributed by atoms with Crippen LogP contribution >= 0.6 is 0 Å². The number of aromatic nitrogens is 2. The third-order valence-electron chi connectivity index (χ3n) is 4.26. The topological polar surface area (TPSA) is 58.4 Å². The fraction of sp³-hybridized carbons (Fsp3) is 0.643. The number of carbonyl (C=O) groups is 2. The van der Waals surface area contributed by atoms with Crippen LogP contribution in [0.1, 0.15) is 25.1 Å². The molecule has 108 valence electrons. The maximum Gasteiger partial charge on any atom is 0.248 e. The molecule has 0 N–H and O–H groups in total.